The summed E-state index contributed by atoms with van der Waals surface area (Å²) in [6.45, 7) is 2.98. The molecule has 0 N–H and O–H groups in total. The summed E-state index contributed by atoms with van der Waals surface area (Å²) in [5.41, 5.74) is -1.74. The van der Waals surface area contributed by atoms with Crippen LogP contribution < -0.4 is 0 Å². The number of nitrogens with zero attached hydrogens (tertiary/aromatic N) is 1. The number of alkyl halides is 3. The molecule has 1 amide bonds. The van der Waals surface area contributed by atoms with Crippen molar-refractivity contribution >= 4 is 11.9 Å². The third-order valence-corrected chi connectivity index (χ3v) is 5.80. The molecule has 0 spiro atoms. The molecule has 2 fully saturated rings. The van der Waals surface area contributed by atoms with E-state index in [1.54, 1.807) is 17.9 Å². The minimum atomic E-state index is -4.50. The lowest BCUT2D eigenvalue weighted by atomic mass is 9.73. The van der Waals surface area contributed by atoms with Crippen molar-refractivity contribution in [3.8, 4) is 0 Å². The van der Waals surface area contributed by atoms with Crippen LogP contribution in [-0.4, -0.2) is 49.2 Å². The lowest BCUT2D eigenvalue weighted by Gasteiger charge is -2.41. The topological polar surface area (TPSA) is 55.8 Å². The molecule has 0 aliphatic carbocycles. The van der Waals surface area contributed by atoms with Crippen molar-refractivity contribution in [1.82, 2.24) is 4.90 Å². The third-order valence-electron chi connectivity index (χ3n) is 5.80. The highest BCUT2D eigenvalue weighted by molar-refractivity contribution is 5.82. The van der Waals surface area contributed by atoms with Crippen LogP contribution in [0.2, 0.25) is 0 Å². The monoisotopic (exact) mass is 413 g/mol. The maximum absolute atomic E-state index is 13.4. The fourth-order valence-electron chi connectivity index (χ4n) is 4.18. The van der Waals surface area contributed by atoms with E-state index in [0.29, 0.717) is 26.1 Å². The summed E-state index contributed by atoms with van der Waals surface area (Å²) in [6, 6.07) is 5.32. The first-order valence-electron chi connectivity index (χ1n) is 9.99. The molecule has 2 aliphatic heterocycles. The number of hydrogen-bond acceptors (Lipinski definition) is 4. The molecular weight excluding hydrogens is 387 g/mol. The molecule has 1 atom stereocenters. The Labute approximate surface area is 168 Å². The van der Waals surface area contributed by atoms with Crippen LogP contribution in [0.15, 0.2) is 24.3 Å². The van der Waals surface area contributed by atoms with Crippen molar-refractivity contribution in [3.05, 3.63) is 35.4 Å². The number of carbonyl (C=O) groups is 2. The van der Waals surface area contributed by atoms with E-state index < -0.39 is 29.2 Å². The Kier molecular flexibility index (Phi) is 6.51. The minimum absolute atomic E-state index is 0.0660. The highest BCUT2D eigenvalue weighted by atomic mass is 19.4. The number of hydrogen-bond donors (Lipinski definition) is 0. The average molecular weight is 413 g/mol. The number of likely N-dealkylation sites (tertiary alicyclic amines) is 1. The largest absolute Gasteiger partial charge is 0.466 e. The van der Waals surface area contributed by atoms with E-state index in [0.717, 1.165) is 12.5 Å². The SMILES string of the molecule is CCOC(=O)C1(Cc2ccccc2C(F)(F)F)CCN(C(=O)C2CCCO2)CC1. The number of benzene rings is 1. The summed E-state index contributed by atoms with van der Waals surface area (Å²) in [4.78, 5) is 27.0. The Morgan fingerprint density at radius 1 is 1.24 bits per heavy atom. The van der Waals surface area contributed by atoms with Crippen LogP contribution in [-0.2, 0) is 31.7 Å². The average Bonchev–Trinajstić information content (AvgIpc) is 3.22. The number of piperidine rings is 1. The molecule has 1 aromatic rings. The number of amides is 1. The van der Waals surface area contributed by atoms with E-state index in [2.05, 4.69) is 0 Å². The Balaban J connectivity index is 1.80. The standard InChI is InChI=1S/C21H26F3NO4/c1-2-28-19(27)20(14-15-6-3-4-7-16(15)21(22,23)24)9-11-25(12-10-20)18(26)17-8-5-13-29-17/h3-4,6-7,17H,2,5,8-14H2,1H3. The van der Waals surface area contributed by atoms with Gasteiger partial charge in [-0.2, -0.15) is 13.2 Å². The van der Waals surface area contributed by atoms with Gasteiger partial charge in [-0.05, 0) is 50.7 Å². The number of rotatable bonds is 5. The first-order chi connectivity index (χ1) is 13.8. The molecule has 2 aliphatic rings. The first-order valence-corrected chi connectivity index (χ1v) is 9.99. The van der Waals surface area contributed by atoms with Crippen LogP contribution in [0.4, 0.5) is 13.2 Å². The summed E-state index contributed by atoms with van der Waals surface area (Å²) in [6.07, 6.45) is -2.97. The van der Waals surface area contributed by atoms with E-state index in [-0.39, 0.29) is 37.3 Å². The van der Waals surface area contributed by atoms with E-state index in [1.807, 2.05) is 0 Å². The van der Waals surface area contributed by atoms with Gasteiger partial charge < -0.3 is 14.4 Å². The van der Waals surface area contributed by atoms with Gasteiger partial charge in [-0.3, -0.25) is 9.59 Å². The highest BCUT2D eigenvalue weighted by Gasteiger charge is 2.46. The molecule has 1 aromatic carbocycles. The second kappa shape index (κ2) is 8.73. The molecule has 29 heavy (non-hydrogen) atoms. The van der Waals surface area contributed by atoms with Gasteiger partial charge in [0, 0.05) is 19.7 Å². The van der Waals surface area contributed by atoms with Crippen LogP contribution >= 0.6 is 0 Å². The van der Waals surface area contributed by atoms with Gasteiger partial charge in [0.1, 0.15) is 6.10 Å². The zero-order chi connectivity index (χ0) is 21.1. The molecule has 8 heteroatoms. The van der Waals surface area contributed by atoms with Crippen molar-refractivity contribution in [3.63, 3.8) is 0 Å². The second-order valence-electron chi connectivity index (χ2n) is 7.66. The van der Waals surface area contributed by atoms with Crippen molar-refractivity contribution < 1.29 is 32.2 Å². The first kappa shape index (κ1) is 21.6. The normalized spacial score (nSPS) is 21.8. The number of esters is 1. The fraction of sp³-hybridized carbons (Fsp3) is 0.619. The Morgan fingerprint density at radius 2 is 1.93 bits per heavy atom. The number of halogens is 3. The lowest BCUT2D eigenvalue weighted by molar-refractivity contribution is -0.162. The van der Waals surface area contributed by atoms with Crippen molar-refractivity contribution in [2.75, 3.05) is 26.3 Å². The quantitative estimate of drug-likeness (QED) is 0.693. The Hall–Kier alpha value is -2.09. The van der Waals surface area contributed by atoms with E-state index in [1.165, 1.54) is 12.1 Å². The van der Waals surface area contributed by atoms with Gasteiger partial charge in [-0.15, -0.1) is 0 Å². The molecular formula is C21H26F3NO4. The summed E-state index contributed by atoms with van der Waals surface area (Å²) < 4.78 is 51.0. The summed E-state index contributed by atoms with van der Waals surface area (Å²) in [7, 11) is 0. The molecule has 2 heterocycles. The van der Waals surface area contributed by atoms with E-state index in [9.17, 15) is 22.8 Å². The van der Waals surface area contributed by atoms with E-state index in [4.69, 9.17) is 9.47 Å². The summed E-state index contributed by atoms with van der Waals surface area (Å²) in [5, 5.41) is 0. The van der Waals surface area contributed by atoms with Gasteiger partial charge in [0.05, 0.1) is 17.6 Å². The van der Waals surface area contributed by atoms with Gasteiger partial charge in [0.25, 0.3) is 5.91 Å². The van der Waals surface area contributed by atoms with Gasteiger partial charge in [-0.1, -0.05) is 18.2 Å². The molecule has 160 valence electrons. The zero-order valence-corrected chi connectivity index (χ0v) is 16.5. The molecule has 5 nitrogen and oxygen atoms in total. The number of ether oxygens (including phenoxy) is 2. The van der Waals surface area contributed by atoms with Crippen LogP contribution in [0.3, 0.4) is 0 Å². The second-order valence-corrected chi connectivity index (χ2v) is 7.66. The lowest BCUT2D eigenvalue weighted by Crippen LogP contribution is -2.50. The van der Waals surface area contributed by atoms with Crippen LogP contribution in [0.5, 0.6) is 0 Å². The van der Waals surface area contributed by atoms with Gasteiger partial charge in [0.2, 0.25) is 0 Å². The molecule has 0 bridgehead atoms. The molecule has 1 unspecified atom stereocenters. The van der Waals surface area contributed by atoms with E-state index >= 15 is 0 Å². The molecule has 0 aromatic heterocycles. The van der Waals surface area contributed by atoms with Crippen molar-refractivity contribution in [2.24, 2.45) is 5.41 Å². The third kappa shape index (κ3) is 4.74. The number of carbonyl (C=O) groups excluding carboxylic acids is 2. The maximum Gasteiger partial charge on any atom is 0.416 e. The smallest absolute Gasteiger partial charge is 0.416 e. The summed E-state index contributed by atoms with van der Waals surface area (Å²) in [5.74, 6) is -0.600. The predicted octanol–water partition coefficient (Wildman–Crippen LogP) is 3.60. The van der Waals surface area contributed by atoms with Crippen LogP contribution in [0, 0.1) is 5.41 Å². The molecule has 0 radical (unpaired) electrons. The van der Waals surface area contributed by atoms with Crippen molar-refractivity contribution in [2.45, 2.75) is 51.3 Å². The summed E-state index contributed by atoms with van der Waals surface area (Å²) >= 11 is 0. The van der Waals surface area contributed by atoms with Crippen LogP contribution in [0.25, 0.3) is 0 Å². The van der Waals surface area contributed by atoms with Crippen molar-refractivity contribution in [1.29, 1.82) is 0 Å². The molecule has 2 saturated heterocycles. The van der Waals surface area contributed by atoms with Gasteiger partial charge in [0.15, 0.2) is 0 Å². The van der Waals surface area contributed by atoms with Gasteiger partial charge in [-0.25, -0.2) is 0 Å². The molecule has 3 rings (SSSR count). The maximum atomic E-state index is 13.4. The molecule has 0 saturated carbocycles. The van der Waals surface area contributed by atoms with Gasteiger partial charge >= 0.3 is 12.1 Å². The predicted molar refractivity (Wildman–Crippen MR) is 99.0 cm³/mol. The Morgan fingerprint density at radius 3 is 2.52 bits per heavy atom. The minimum Gasteiger partial charge on any atom is -0.466 e. The zero-order valence-electron chi connectivity index (χ0n) is 16.5. The van der Waals surface area contributed by atoms with Crippen LogP contribution in [0.1, 0.15) is 43.7 Å². The fourth-order valence-corrected chi connectivity index (χ4v) is 4.18. The Bertz CT molecular complexity index is 736. The highest BCUT2D eigenvalue weighted by Crippen LogP contribution is 2.40.